The molecule has 1 aromatic rings. The summed E-state index contributed by atoms with van der Waals surface area (Å²) in [7, 11) is 2.22. The van der Waals surface area contributed by atoms with Gasteiger partial charge in [-0.05, 0) is 19.9 Å². The molecule has 0 unspecified atom stereocenters. The normalized spacial score (nSPS) is 18.1. The molecule has 0 amide bonds. The van der Waals surface area contributed by atoms with Crippen LogP contribution in [-0.2, 0) is 6.42 Å². The van der Waals surface area contributed by atoms with E-state index in [2.05, 4.69) is 22.1 Å². The number of anilines is 1. The molecule has 1 aromatic heterocycles. The van der Waals surface area contributed by atoms with Crippen molar-refractivity contribution in [3.8, 4) is 0 Å². The van der Waals surface area contributed by atoms with Crippen LogP contribution in [0.1, 0.15) is 37.1 Å². The van der Waals surface area contributed by atoms with Crippen LogP contribution in [-0.4, -0.2) is 34.7 Å². The second kappa shape index (κ2) is 5.59. The van der Waals surface area contributed by atoms with Crippen molar-refractivity contribution in [3.05, 3.63) is 5.01 Å². The van der Waals surface area contributed by atoms with Gasteiger partial charge in [0.15, 0.2) is 0 Å². The predicted octanol–water partition coefficient (Wildman–Crippen LogP) is 1.93. The minimum Gasteiger partial charge on any atom is -0.374 e. The average Bonchev–Trinajstić information content (AvgIpc) is 2.73. The first-order chi connectivity index (χ1) is 7.75. The van der Waals surface area contributed by atoms with Crippen LogP contribution in [0.5, 0.6) is 0 Å². The first-order valence-corrected chi connectivity index (χ1v) is 6.85. The molecule has 16 heavy (non-hydrogen) atoms. The van der Waals surface area contributed by atoms with Crippen LogP contribution < -0.4 is 5.73 Å². The number of hydrogen-bond donors (Lipinski definition) is 1. The van der Waals surface area contributed by atoms with Crippen molar-refractivity contribution in [3.63, 3.8) is 0 Å². The Balaban J connectivity index is 1.76. The maximum absolute atomic E-state index is 5.56. The van der Waals surface area contributed by atoms with Crippen LogP contribution in [0.2, 0.25) is 0 Å². The summed E-state index contributed by atoms with van der Waals surface area (Å²) in [6, 6.07) is 0.777. The third-order valence-corrected chi connectivity index (χ3v) is 4.17. The van der Waals surface area contributed by atoms with E-state index in [9.17, 15) is 0 Å². The van der Waals surface area contributed by atoms with Crippen LogP contribution in [0, 0.1) is 0 Å². The second-order valence-corrected chi connectivity index (χ2v) is 5.65. The van der Waals surface area contributed by atoms with Gasteiger partial charge in [-0.1, -0.05) is 30.6 Å². The van der Waals surface area contributed by atoms with Crippen LogP contribution in [0.15, 0.2) is 0 Å². The van der Waals surface area contributed by atoms with E-state index in [4.69, 9.17) is 5.73 Å². The third kappa shape index (κ3) is 3.15. The summed E-state index contributed by atoms with van der Waals surface area (Å²) < 4.78 is 0. The fraction of sp³-hybridized carbons (Fsp3) is 0.818. The molecule has 0 radical (unpaired) electrons. The van der Waals surface area contributed by atoms with Gasteiger partial charge in [-0.2, -0.15) is 0 Å². The SMILES string of the molecule is CN(CCc1nnc(N)s1)C1CCCCC1. The zero-order chi connectivity index (χ0) is 11.4. The minimum absolute atomic E-state index is 0.579. The van der Waals surface area contributed by atoms with Crippen molar-refractivity contribution in [2.24, 2.45) is 0 Å². The Kier molecular flexibility index (Phi) is 4.12. The Morgan fingerprint density at radius 3 is 2.69 bits per heavy atom. The zero-order valence-corrected chi connectivity index (χ0v) is 10.7. The summed E-state index contributed by atoms with van der Waals surface area (Å²) >= 11 is 1.51. The van der Waals surface area contributed by atoms with Crippen molar-refractivity contribution in [2.75, 3.05) is 19.3 Å². The monoisotopic (exact) mass is 240 g/mol. The van der Waals surface area contributed by atoms with Gasteiger partial charge in [0.25, 0.3) is 0 Å². The van der Waals surface area contributed by atoms with Gasteiger partial charge in [0.2, 0.25) is 5.13 Å². The smallest absolute Gasteiger partial charge is 0.203 e. The molecule has 1 aliphatic carbocycles. The molecule has 0 spiro atoms. The van der Waals surface area contributed by atoms with E-state index in [0.717, 1.165) is 24.0 Å². The summed E-state index contributed by atoms with van der Waals surface area (Å²) in [4.78, 5) is 2.47. The molecular formula is C11H20N4S. The van der Waals surface area contributed by atoms with Gasteiger partial charge in [-0.3, -0.25) is 0 Å². The molecular weight excluding hydrogens is 220 g/mol. The summed E-state index contributed by atoms with van der Waals surface area (Å²) in [6.07, 6.45) is 7.88. The highest BCUT2D eigenvalue weighted by Gasteiger charge is 2.17. The van der Waals surface area contributed by atoms with Gasteiger partial charge in [-0.25, -0.2) is 0 Å². The third-order valence-electron chi connectivity index (χ3n) is 3.36. The first-order valence-electron chi connectivity index (χ1n) is 6.04. The van der Waals surface area contributed by atoms with E-state index >= 15 is 0 Å². The molecule has 0 atom stereocenters. The van der Waals surface area contributed by atoms with E-state index < -0.39 is 0 Å². The van der Waals surface area contributed by atoms with Crippen LogP contribution in [0.3, 0.4) is 0 Å². The number of aromatic nitrogens is 2. The van der Waals surface area contributed by atoms with Gasteiger partial charge in [0, 0.05) is 19.0 Å². The van der Waals surface area contributed by atoms with Crippen LogP contribution >= 0.6 is 11.3 Å². The molecule has 2 rings (SSSR count). The Labute approximate surface area is 101 Å². The molecule has 1 saturated carbocycles. The van der Waals surface area contributed by atoms with E-state index in [1.165, 1.54) is 43.4 Å². The zero-order valence-electron chi connectivity index (χ0n) is 9.85. The van der Waals surface area contributed by atoms with Crippen molar-refractivity contribution in [1.82, 2.24) is 15.1 Å². The number of nitrogens with zero attached hydrogens (tertiary/aromatic N) is 3. The molecule has 0 saturated heterocycles. The van der Waals surface area contributed by atoms with Gasteiger partial charge >= 0.3 is 0 Å². The molecule has 0 aliphatic heterocycles. The summed E-state index contributed by atoms with van der Waals surface area (Å²) in [5, 5.41) is 9.52. The summed E-state index contributed by atoms with van der Waals surface area (Å²) in [6.45, 7) is 1.07. The topological polar surface area (TPSA) is 55.0 Å². The van der Waals surface area contributed by atoms with E-state index in [-0.39, 0.29) is 0 Å². The quantitative estimate of drug-likeness (QED) is 0.873. The maximum atomic E-state index is 5.56. The molecule has 4 nitrogen and oxygen atoms in total. The standard InChI is InChI=1S/C11H20N4S/c1-15(9-5-3-2-4-6-9)8-7-10-13-14-11(12)16-10/h9H,2-8H2,1H3,(H2,12,14). The first kappa shape index (κ1) is 11.8. The number of hydrogen-bond acceptors (Lipinski definition) is 5. The molecule has 1 heterocycles. The van der Waals surface area contributed by atoms with Gasteiger partial charge in [0.1, 0.15) is 5.01 Å². The highest BCUT2D eigenvalue weighted by atomic mass is 32.1. The summed E-state index contributed by atoms with van der Waals surface area (Å²) in [5.74, 6) is 0. The van der Waals surface area contributed by atoms with Crippen molar-refractivity contribution < 1.29 is 0 Å². The molecule has 90 valence electrons. The fourth-order valence-electron chi connectivity index (χ4n) is 2.34. The van der Waals surface area contributed by atoms with Gasteiger partial charge in [0.05, 0.1) is 0 Å². The summed E-state index contributed by atoms with van der Waals surface area (Å²) in [5.41, 5.74) is 5.56. The number of nitrogens with two attached hydrogens (primary N) is 1. The molecule has 1 fully saturated rings. The lowest BCUT2D eigenvalue weighted by atomic mass is 9.94. The minimum atomic E-state index is 0.579. The lowest BCUT2D eigenvalue weighted by Crippen LogP contribution is -2.34. The Bertz CT molecular complexity index is 320. The molecule has 1 aliphatic rings. The molecule has 2 N–H and O–H groups in total. The Hall–Kier alpha value is -0.680. The second-order valence-electron chi connectivity index (χ2n) is 4.56. The molecule has 5 heteroatoms. The average molecular weight is 240 g/mol. The largest absolute Gasteiger partial charge is 0.374 e. The number of likely N-dealkylation sites (N-methyl/N-ethyl adjacent to an activating group) is 1. The predicted molar refractivity (Wildman–Crippen MR) is 67.5 cm³/mol. The van der Waals surface area contributed by atoms with E-state index in [0.29, 0.717) is 5.13 Å². The molecule has 0 aromatic carbocycles. The highest BCUT2D eigenvalue weighted by molar-refractivity contribution is 7.15. The van der Waals surface area contributed by atoms with Crippen molar-refractivity contribution in [1.29, 1.82) is 0 Å². The highest BCUT2D eigenvalue weighted by Crippen LogP contribution is 2.22. The van der Waals surface area contributed by atoms with Crippen molar-refractivity contribution >= 4 is 16.5 Å². The maximum Gasteiger partial charge on any atom is 0.203 e. The van der Waals surface area contributed by atoms with Gasteiger partial charge in [-0.15, -0.1) is 10.2 Å². The van der Waals surface area contributed by atoms with Crippen LogP contribution in [0.4, 0.5) is 5.13 Å². The van der Waals surface area contributed by atoms with E-state index in [1.807, 2.05) is 0 Å². The Morgan fingerprint density at radius 2 is 2.06 bits per heavy atom. The molecule has 0 bridgehead atoms. The van der Waals surface area contributed by atoms with Crippen molar-refractivity contribution in [2.45, 2.75) is 44.6 Å². The number of rotatable bonds is 4. The number of nitrogen functional groups attached to an aromatic ring is 1. The van der Waals surface area contributed by atoms with E-state index in [1.54, 1.807) is 0 Å². The lowest BCUT2D eigenvalue weighted by Gasteiger charge is -2.30. The van der Waals surface area contributed by atoms with Crippen LogP contribution in [0.25, 0.3) is 0 Å². The lowest BCUT2D eigenvalue weighted by molar-refractivity contribution is 0.193. The van der Waals surface area contributed by atoms with Gasteiger partial charge < -0.3 is 10.6 Å². The fourth-order valence-corrected chi connectivity index (χ4v) is 2.94. The Morgan fingerprint density at radius 1 is 1.31 bits per heavy atom.